The molecule has 1 atom stereocenters. The van der Waals surface area contributed by atoms with Crippen LogP contribution < -0.4 is 10.6 Å². The fraction of sp³-hybridized carbons (Fsp3) is 0.312. The van der Waals surface area contributed by atoms with Crippen molar-refractivity contribution in [3.05, 3.63) is 47.7 Å². The van der Waals surface area contributed by atoms with E-state index < -0.39 is 0 Å². The number of amides is 3. The van der Waals surface area contributed by atoms with Gasteiger partial charge in [0, 0.05) is 19.2 Å². The van der Waals surface area contributed by atoms with E-state index in [9.17, 15) is 9.59 Å². The van der Waals surface area contributed by atoms with Crippen LogP contribution in [0.2, 0.25) is 0 Å². The van der Waals surface area contributed by atoms with E-state index in [0.29, 0.717) is 24.7 Å². The van der Waals surface area contributed by atoms with E-state index in [4.69, 9.17) is 4.52 Å². The van der Waals surface area contributed by atoms with Crippen molar-refractivity contribution in [1.29, 1.82) is 0 Å². The molecule has 0 bridgehead atoms. The molecular formula is C16H18N4O3. The molecule has 2 N–H and O–H groups in total. The Hall–Kier alpha value is -2.83. The van der Waals surface area contributed by atoms with Crippen LogP contribution in [-0.2, 0) is 4.79 Å². The maximum atomic E-state index is 12.6. The predicted molar refractivity (Wildman–Crippen MR) is 83.8 cm³/mol. The Balaban J connectivity index is 1.83. The number of aromatic nitrogens is 1. The summed E-state index contributed by atoms with van der Waals surface area (Å²) in [6.45, 7) is 2.60. The quantitative estimate of drug-likeness (QED) is 0.888. The number of nitrogens with zero attached hydrogens (tertiary/aromatic N) is 2. The van der Waals surface area contributed by atoms with Crippen LogP contribution in [0.5, 0.6) is 0 Å². The fourth-order valence-corrected chi connectivity index (χ4v) is 2.65. The van der Waals surface area contributed by atoms with Crippen LogP contribution in [0.15, 0.2) is 40.9 Å². The average Bonchev–Trinajstić information content (AvgIpc) is 2.84. The summed E-state index contributed by atoms with van der Waals surface area (Å²) in [6, 6.07) is 10.6. The Morgan fingerprint density at radius 3 is 2.87 bits per heavy atom. The molecule has 1 aliphatic heterocycles. The molecule has 3 amide bonds. The van der Waals surface area contributed by atoms with E-state index >= 15 is 0 Å². The van der Waals surface area contributed by atoms with Crippen LogP contribution in [0.25, 0.3) is 0 Å². The first-order valence-electron chi connectivity index (χ1n) is 7.46. The van der Waals surface area contributed by atoms with E-state index in [2.05, 4.69) is 15.8 Å². The summed E-state index contributed by atoms with van der Waals surface area (Å²) in [5.41, 5.74) is 0.927. The standard InChI is InChI=1S/C16H18N4O3/c1-11-9-14(19-23-11)18-16(22)20-8-7-17-15(21)10-13(20)12-5-3-2-4-6-12/h2-6,9,13H,7-8,10H2,1H3,(H,17,21)(H,18,19,22)/t13-/m0/s1. The molecule has 3 rings (SSSR count). The van der Waals surface area contributed by atoms with Crippen LogP contribution in [0.1, 0.15) is 23.8 Å². The number of carbonyl (C=O) groups excluding carboxylic acids is 2. The number of benzene rings is 1. The van der Waals surface area contributed by atoms with Gasteiger partial charge in [-0.1, -0.05) is 35.5 Å². The molecule has 0 saturated carbocycles. The minimum absolute atomic E-state index is 0.0635. The second-order valence-electron chi connectivity index (χ2n) is 5.43. The second kappa shape index (κ2) is 6.51. The third kappa shape index (κ3) is 3.50. The molecule has 2 aromatic rings. The summed E-state index contributed by atoms with van der Waals surface area (Å²) in [5, 5.41) is 9.29. The zero-order valence-corrected chi connectivity index (χ0v) is 12.8. The monoisotopic (exact) mass is 314 g/mol. The van der Waals surface area contributed by atoms with Gasteiger partial charge in [-0.2, -0.15) is 0 Å². The van der Waals surface area contributed by atoms with Crippen molar-refractivity contribution in [1.82, 2.24) is 15.4 Å². The second-order valence-corrected chi connectivity index (χ2v) is 5.43. The van der Waals surface area contributed by atoms with Crippen LogP contribution in [0.4, 0.5) is 10.6 Å². The molecule has 2 heterocycles. The van der Waals surface area contributed by atoms with Gasteiger partial charge in [-0.15, -0.1) is 0 Å². The van der Waals surface area contributed by atoms with Gasteiger partial charge < -0.3 is 14.7 Å². The van der Waals surface area contributed by atoms with E-state index in [1.165, 1.54) is 0 Å². The Bertz CT molecular complexity index is 698. The van der Waals surface area contributed by atoms with E-state index in [1.54, 1.807) is 17.9 Å². The van der Waals surface area contributed by atoms with Crippen molar-refractivity contribution in [2.45, 2.75) is 19.4 Å². The zero-order chi connectivity index (χ0) is 16.2. The largest absolute Gasteiger partial charge is 0.360 e. The topological polar surface area (TPSA) is 87.5 Å². The minimum atomic E-state index is -0.313. The van der Waals surface area contributed by atoms with E-state index in [1.807, 2.05) is 30.3 Å². The third-order valence-corrected chi connectivity index (χ3v) is 3.74. The number of hydrogen-bond donors (Lipinski definition) is 2. The lowest BCUT2D eigenvalue weighted by atomic mass is 10.0. The number of hydrogen-bond acceptors (Lipinski definition) is 4. The Morgan fingerprint density at radius 2 is 2.17 bits per heavy atom. The highest BCUT2D eigenvalue weighted by Gasteiger charge is 2.30. The molecule has 1 saturated heterocycles. The highest BCUT2D eigenvalue weighted by molar-refractivity contribution is 5.89. The Morgan fingerprint density at radius 1 is 1.39 bits per heavy atom. The molecule has 1 aliphatic rings. The highest BCUT2D eigenvalue weighted by atomic mass is 16.5. The predicted octanol–water partition coefficient (Wildman–Crippen LogP) is 2.08. The normalized spacial score (nSPS) is 18.2. The van der Waals surface area contributed by atoms with E-state index in [-0.39, 0.29) is 24.4 Å². The van der Waals surface area contributed by atoms with Crippen molar-refractivity contribution in [3.8, 4) is 0 Å². The van der Waals surface area contributed by atoms with Crippen LogP contribution in [0, 0.1) is 6.92 Å². The number of anilines is 1. The zero-order valence-electron chi connectivity index (χ0n) is 12.8. The fourth-order valence-electron chi connectivity index (χ4n) is 2.65. The summed E-state index contributed by atoms with van der Waals surface area (Å²) in [4.78, 5) is 26.2. The molecule has 7 nitrogen and oxygen atoms in total. The molecule has 0 unspecified atom stereocenters. The first-order valence-corrected chi connectivity index (χ1v) is 7.46. The maximum Gasteiger partial charge on any atom is 0.323 e. The molecular weight excluding hydrogens is 296 g/mol. The summed E-state index contributed by atoms with van der Waals surface area (Å²) < 4.78 is 4.96. The third-order valence-electron chi connectivity index (χ3n) is 3.74. The Kier molecular flexibility index (Phi) is 4.27. The lowest BCUT2D eigenvalue weighted by molar-refractivity contribution is -0.121. The van der Waals surface area contributed by atoms with Crippen molar-refractivity contribution < 1.29 is 14.1 Å². The smallest absolute Gasteiger partial charge is 0.323 e. The molecule has 7 heteroatoms. The molecule has 1 aromatic carbocycles. The van der Waals surface area contributed by atoms with Gasteiger partial charge in [0.25, 0.3) is 0 Å². The molecule has 1 aromatic heterocycles. The van der Waals surface area contributed by atoms with Gasteiger partial charge >= 0.3 is 6.03 Å². The molecule has 0 aliphatic carbocycles. The van der Waals surface area contributed by atoms with Gasteiger partial charge in [-0.25, -0.2) is 4.79 Å². The number of carbonyl (C=O) groups is 2. The summed E-state index contributed by atoms with van der Waals surface area (Å²) in [6.07, 6.45) is 0.231. The number of aryl methyl sites for hydroxylation is 1. The van der Waals surface area contributed by atoms with Crippen LogP contribution in [-0.4, -0.2) is 35.1 Å². The summed E-state index contributed by atoms with van der Waals surface area (Å²) in [7, 11) is 0. The highest BCUT2D eigenvalue weighted by Crippen LogP contribution is 2.26. The Labute approximate surface area is 133 Å². The van der Waals surface area contributed by atoms with Crippen molar-refractivity contribution in [2.75, 3.05) is 18.4 Å². The molecule has 120 valence electrons. The summed E-state index contributed by atoms with van der Waals surface area (Å²) in [5.74, 6) is 0.918. The number of rotatable bonds is 2. The van der Waals surface area contributed by atoms with Crippen molar-refractivity contribution in [2.24, 2.45) is 0 Å². The van der Waals surface area contributed by atoms with Gasteiger partial charge in [0.2, 0.25) is 5.91 Å². The lowest BCUT2D eigenvalue weighted by Crippen LogP contribution is -2.39. The van der Waals surface area contributed by atoms with Crippen molar-refractivity contribution in [3.63, 3.8) is 0 Å². The van der Waals surface area contributed by atoms with E-state index in [0.717, 1.165) is 5.56 Å². The first-order chi connectivity index (χ1) is 11.1. The average molecular weight is 314 g/mol. The molecule has 1 fully saturated rings. The molecule has 23 heavy (non-hydrogen) atoms. The van der Waals surface area contributed by atoms with Crippen molar-refractivity contribution >= 4 is 17.8 Å². The SMILES string of the molecule is Cc1cc(NC(=O)N2CCNC(=O)C[C@H]2c2ccccc2)no1. The molecule has 0 spiro atoms. The van der Waals surface area contributed by atoms with Crippen LogP contribution >= 0.6 is 0 Å². The molecule has 0 radical (unpaired) electrons. The maximum absolute atomic E-state index is 12.6. The summed E-state index contributed by atoms with van der Waals surface area (Å²) >= 11 is 0. The van der Waals surface area contributed by atoms with Gasteiger partial charge in [0.15, 0.2) is 5.82 Å². The van der Waals surface area contributed by atoms with Gasteiger partial charge in [0.1, 0.15) is 5.76 Å². The number of nitrogens with one attached hydrogen (secondary N) is 2. The lowest BCUT2D eigenvalue weighted by Gasteiger charge is -2.29. The minimum Gasteiger partial charge on any atom is -0.360 e. The van der Waals surface area contributed by atoms with Gasteiger partial charge in [0.05, 0.1) is 12.5 Å². The van der Waals surface area contributed by atoms with Gasteiger partial charge in [-0.3, -0.25) is 10.1 Å². The number of urea groups is 1. The van der Waals surface area contributed by atoms with Gasteiger partial charge in [-0.05, 0) is 12.5 Å². The first kappa shape index (κ1) is 15.1. The van der Waals surface area contributed by atoms with Crippen LogP contribution in [0.3, 0.4) is 0 Å².